The molecule has 5 nitrogen and oxygen atoms in total. The Morgan fingerprint density at radius 3 is 2.38 bits per heavy atom. The number of rotatable bonds is 4. The van der Waals surface area contributed by atoms with E-state index in [2.05, 4.69) is 17.5 Å². The molecule has 0 radical (unpaired) electrons. The quantitative estimate of drug-likeness (QED) is 0.772. The van der Waals surface area contributed by atoms with Crippen molar-refractivity contribution in [3.05, 3.63) is 80.0 Å². The Morgan fingerprint density at radius 2 is 1.81 bits per heavy atom. The van der Waals surface area contributed by atoms with E-state index >= 15 is 0 Å². The fraction of sp³-hybridized carbons (Fsp3) is 0.111. The molecule has 1 aromatic heterocycles. The molecule has 1 atom stereocenters. The number of benzene rings is 1. The summed E-state index contributed by atoms with van der Waals surface area (Å²) in [6, 6.07) is 12.9. The minimum atomic E-state index is -0.730. The predicted molar refractivity (Wildman–Crippen MR) is 102 cm³/mol. The number of thioether (sulfide) groups is 1. The average molecular weight is 403 g/mol. The zero-order chi connectivity index (χ0) is 18.7. The van der Waals surface area contributed by atoms with Gasteiger partial charge in [0.25, 0.3) is 0 Å². The maximum atomic E-state index is 9.79. The largest absolute Gasteiger partial charge is 0.468 e. The normalized spacial score (nSPS) is 16.8. The van der Waals surface area contributed by atoms with Gasteiger partial charge in [-0.05, 0) is 24.3 Å². The van der Waals surface area contributed by atoms with E-state index in [0.717, 1.165) is 5.76 Å². The highest BCUT2D eigenvalue weighted by atomic mass is 35.5. The zero-order valence-corrected chi connectivity index (χ0v) is 15.6. The SMILES string of the molecule is N#CC1=C(N)NC(SCc2ccco2)=C(C#N)C1c1c(Cl)cccc1Cl. The van der Waals surface area contributed by atoms with Crippen LogP contribution in [0.15, 0.2) is 63.0 Å². The first kappa shape index (κ1) is 18.3. The number of hydrogen-bond donors (Lipinski definition) is 2. The van der Waals surface area contributed by atoms with Crippen molar-refractivity contribution in [2.75, 3.05) is 0 Å². The van der Waals surface area contributed by atoms with Crippen LogP contribution in [0.2, 0.25) is 10.0 Å². The third-order valence-electron chi connectivity index (χ3n) is 3.83. The van der Waals surface area contributed by atoms with Gasteiger partial charge in [0.2, 0.25) is 0 Å². The van der Waals surface area contributed by atoms with Crippen LogP contribution in [-0.2, 0) is 5.75 Å². The second kappa shape index (κ2) is 7.80. The molecule has 1 unspecified atom stereocenters. The van der Waals surface area contributed by atoms with Crippen molar-refractivity contribution in [1.29, 1.82) is 10.5 Å². The molecule has 0 saturated heterocycles. The Bertz CT molecular complexity index is 963. The lowest BCUT2D eigenvalue weighted by atomic mass is 9.84. The molecule has 26 heavy (non-hydrogen) atoms. The minimum Gasteiger partial charge on any atom is -0.468 e. The molecule has 130 valence electrons. The van der Waals surface area contributed by atoms with E-state index in [1.807, 2.05) is 6.07 Å². The van der Waals surface area contributed by atoms with Crippen molar-refractivity contribution in [2.24, 2.45) is 5.73 Å². The molecule has 0 saturated carbocycles. The molecular weight excluding hydrogens is 391 g/mol. The van der Waals surface area contributed by atoms with Crippen LogP contribution < -0.4 is 11.1 Å². The van der Waals surface area contributed by atoms with Crippen LogP contribution in [0, 0.1) is 22.7 Å². The fourth-order valence-electron chi connectivity index (χ4n) is 2.66. The number of nitrogens with two attached hydrogens (primary N) is 1. The van der Waals surface area contributed by atoms with Gasteiger partial charge in [-0.3, -0.25) is 0 Å². The van der Waals surface area contributed by atoms with Crippen LogP contribution in [0.1, 0.15) is 17.2 Å². The molecule has 1 aliphatic rings. The van der Waals surface area contributed by atoms with E-state index in [1.54, 1.807) is 30.5 Å². The van der Waals surface area contributed by atoms with Crippen molar-refractivity contribution < 1.29 is 4.42 Å². The Morgan fingerprint density at radius 1 is 1.12 bits per heavy atom. The first-order valence-electron chi connectivity index (χ1n) is 7.47. The van der Waals surface area contributed by atoms with Gasteiger partial charge >= 0.3 is 0 Å². The van der Waals surface area contributed by atoms with Gasteiger partial charge in [-0.2, -0.15) is 10.5 Å². The van der Waals surface area contributed by atoms with E-state index in [1.165, 1.54) is 11.8 Å². The van der Waals surface area contributed by atoms with E-state index in [9.17, 15) is 10.5 Å². The fourth-order valence-corrected chi connectivity index (χ4v) is 4.22. The highest BCUT2D eigenvalue weighted by Crippen LogP contribution is 2.44. The van der Waals surface area contributed by atoms with Gasteiger partial charge in [-0.1, -0.05) is 41.0 Å². The molecular formula is C18H12Cl2N4OS. The standard InChI is InChI=1S/C18H12Cl2N4OS/c19-13-4-1-5-14(20)16(13)15-11(7-21)17(23)24-18(12(15)8-22)26-9-10-3-2-6-25-10/h1-6,15,24H,9,23H2. The van der Waals surface area contributed by atoms with Gasteiger partial charge in [0.05, 0.1) is 46.2 Å². The molecule has 0 aliphatic carbocycles. The first-order chi connectivity index (χ1) is 12.6. The van der Waals surface area contributed by atoms with E-state index in [4.69, 9.17) is 33.4 Å². The summed E-state index contributed by atoms with van der Waals surface area (Å²) >= 11 is 14.0. The molecule has 3 N–H and O–H groups in total. The molecule has 0 spiro atoms. The van der Waals surface area contributed by atoms with Crippen molar-refractivity contribution in [2.45, 2.75) is 11.7 Å². The van der Waals surface area contributed by atoms with Gasteiger partial charge < -0.3 is 15.5 Å². The Balaban J connectivity index is 2.09. The molecule has 0 bridgehead atoms. The zero-order valence-electron chi connectivity index (χ0n) is 13.3. The third kappa shape index (κ3) is 3.40. The average Bonchev–Trinajstić information content (AvgIpc) is 3.13. The number of dihydropyridines is 1. The Labute approximate surface area is 164 Å². The summed E-state index contributed by atoms with van der Waals surface area (Å²) in [4.78, 5) is 0. The molecule has 1 aliphatic heterocycles. The monoisotopic (exact) mass is 402 g/mol. The van der Waals surface area contributed by atoms with Gasteiger partial charge in [-0.25, -0.2) is 0 Å². The molecule has 1 aromatic carbocycles. The Hall–Kier alpha value is -2.51. The van der Waals surface area contributed by atoms with Crippen LogP contribution in [0.4, 0.5) is 0 Å². The highest BCUT2D eigenvalue weighted by Gasteiger charge is 2.34. The number of halogens is 2. The van der Waals surface area contributed by atoms with Gasteiger partial charge in [0.15, 0.2) is 0 Å². The molecule has 0 fully saturated rings. The number of nitriles is 2. The summed E-state index contributed by atoms with van der Waals surface area (Å²) in [5, 5.41) is 23.6. The summed E-state index contributed by atoms with van der Waals surface area (Å²) in [6.45, 7) is 0. The molecule has 0 amide bonds. The lowest BCUT2D eigenvalue weighted by Gasteiger charge is -2.27. The van der Waals surface area contributed by atoms with Crippen molar-refractivity contribution in [1.82, 2.24) is 5.32 Å². The van der Waals surface area contributed by atoms with Gasteiger partial charge in [0, 0.05) is 15.6 Å². The minimum absolute atomic E-state index is 0.175. The summed E-state index contributed by atoms with van der Waals surface area (Å²) < 4.78 is 5.32. The van der Waals surface area contributed by atoms with Crippen LogP contribution in [0.3, 0.4) is 0 Å². The van der Waals surface area contributed by atoms with Gasteiger partial charge in [0.1, 0.15) is 11.6 Å². The summed E-state index contributed by atoms with van der Waals surface area (Å²) in [5.41, 5.74) is 7.09. The van der Waals surface area contributed by atoms with Crippen LogP contribution in [-0.4, -0.2) is 0 Å². The lowest BCUT2D eigenvalue weighted by Crippen LogP contribution is -2.29. The second-order valence-electron chi connectivity index (χ2n) is 5.36. The maximum absolute atomic E-state index is 9.79. The third-order valence-corrected chi connectivity index (χ3v) is 5.53. The van der Waals surface area contributed by atoms with Crippen molar-refractivity contribution in [3.8, 4) is 12.1 Å². The molecule has 2 heterocycles. The first-order valence-corrected chi connectivity index (χ1v) is 9.21. The summed E-state index contributed by atoms with van der Waals surface area (Å²) in [6.07, 6.45) is 1.58. The van der Waals surface area contributed by atoms with Crippen LogP contribution >= 0.6 is 35.0 Å². The van der Waals surface area contributed by atoms with Gasteiger partial charge in [-0.15, -0.1) is 0 Å². The lowest BCUT2D eigenvalue weighted by molar-refractivity contribution is 0.530. The van der Waals surface area contributed by atoms with Crippen molar-refractivity contribution in [3.63, 3.8) is 0 Å². The van der Waals surface area contributed by atoms with Crippen molar-refractivity contribution >= 4 is 35.0 Å². The molecule has 2 aromatic rings. The summed E-state index contributed by atoms with van der Waals surface area (Å²) in [7, 11) is 0. The number of furan rings is 1. The maximum Gasteiger partial charge on any atom is 0.116 e. The smallest absolute Gasteiger partial charge is 0.116 e. The molecule has 3 rings (SSSR count). The van der Waals surface area contributed by atoms with Crippen LogP contribution in [0.25, 0.3) is 0 Å². The number of hydrogen-bond acceptors (Lipinski definition) is 6. The van der Waals surface area contributed by atoms with E-state index < -0.39 is 5.92 Å². The van der Waals surface area contributed by atoms with E-state index in [0.29, 0.717) is 32.0 Å². The number of nitrogens with one attached hydrogen (secondary N) is 1. The second-order valence-corrected chi connectivity index (χ2v) is 7.16. The Kier molecular flexibility index (Phi) is 5.49. The highest BCUT2D eigenvalue weighted by molar-refractivity contribution is 8.02. The molecule has 8 heteroatoms. The number of allylic oxidation sites excluding steroid dienone is 2. The number of nitrogens with zero attached hydrogens (tertiary/aromatic N) is 2. The topological polar surface area (TPSA) is 98.8 Å². The van der Waals surface area contributed by atoms with Crippen LogP contribution in [0.5, 0.6) is 0 Å². The summed E-state index contributed by atoms with van der Waals surface area (Å²) in [5.74, 6) is 0.696. The predicted octanol–water partition coefficient (Wildman–Crippen LogP) is 4.64. The van der Waals surface area contributed by atoms with E-state index in [-0.39, 0.29) is 11.4 Å².